The lowest BCUT2D eigenvalue weighted by atomic mass is 10.1. The molecule has 0 fully saturated rings. The van der Waals surface area contributed by atoms with Gasteiger partial charge in [0.1, 0.15) is 0 Å². The number of hydrogen-bond donors (Lipinski definition) is 2. The molecule has 0 heterocycles. The van der Waals surface area contributed by atoms with Crippen molar-refractivity contribution in [1.29, 1.82) is 0 Å². The number of aliphatic hydroxyl groups is 1. The Kier molecular flexibility index (Phi) is 14.9. The topological polar surface area (TPSA) is 57.5 Å². The molecule has 0 amide bonds. The van der Waals surface area contributed by atoms with E-state index in [1.807, 2.05) is 0 Å². The molecule has 0 bridgehead atoms. The minimum absolute atomic E-state index is 0.129. The summed E-state index contributed by atoms with van der Waals surface area (Å²) in [6.45, 7) is 2.18. The molecule has 0 radical (unpaired) electrons. The van der Waals surface area contributed by atoms with Gasteiger partial charge in [-0.1, -0.05) is 57.6 Å². The van der Waals surface area contributed by atoms with Crippen LogP contribution in [-0.2, 0) is 4.79 Å². The molecule has 0 aromatic heterocycles. The number of carboxylic acids is 1. The minimum atomic E-state index is -0.685. The van der Waals surface area contributed by atoms with Crippen molar-refractivity contribution in [3.63, 3.8) is 0 Å². The van der Waals surface area contributed by atoms with Gasteiger partial charge in [-0.05, 0) is 38.5 Å². The average molecular weight is 298 g/mol. The van der Waals surface area contributed by atoms with E-state index in [-0.39, 0.29) is 6.10 Å². The number of aliphatic hydroxyl groups excluding tert-OH is 1. The van der Waals surface area contributed by atoms with E-state index in [1.165, 1.54) is 25.7 Å². The fourth-order valence-electron chi connectivity index (χ4n) is 2.37. The maximum Gasteiger partial charge on any atom is 0.303 e. The van der Waals surface area contributed by atoms with Crippen molar-refractivity contribution < 1.29 is 15.0 Å². The third-order valence-electron chi connectivity index (χ3n) is 3.74. The highest BCUT2D eigenvalue weighted by atomic mass is 16.4. The molecule has 21 heavy (non-hydrogen) atoms. The van der Waals surface area contributed by atoms with Gasteiger partial charge in [0.2, 0.25) is 0 Å². The molecule has 0 aromatic rings. The summed E-state index contributed by atoms with van der Waals surface area (Å²) in [4.78, 5) is 10.3. The number of rotatable bonds is 15. The van der Waals surface area contributed by atoms with Crippen molar-refractivity contribution in [3.05, 3.63) is 12.2 Å². The molecular formula is C18H34O3. The Hall–Kier alpha value is -0.830. The maximum atomic E-state index is 10.3. The zero-order valence-corrected chi connectivity index (χ0v) is 13.7. The van der Waals surface area contributed by atoms with Crippen molar-refractivity contribution in [1.82, 2.24) is 0 Å². The smallest absolute Gasteiger partial charge is 0.303 e. The van der Waals surface area contributed by atoms with Crippen molar-refractivity contribution >= 4 is 5.97 Å². The third kappa shape index (κ3) is 17.1. The lowest BCUT2D eigenvalue weighted by Gasteiger charge is -2.07. The van der Waals surface area contributed by atoms with Crippen LogP contribution < -0.4 is 0 Å². The lowest BCUT2D eigenvalue weighted by Crippen LogP contribution is -2.05. The van der Waals surface area contributed by atoms with Crippen molar-refractivity contribution in [2.45, 2.75) is 96.5 Å². The molecule has 0 spiro atoms. The van der Waals surface area contributed by atoms with Gasteiger partial charge in [-0.2, -0.15) is 0 Å². The monoisotopic (exact) mass is 298 g/mol. The summed E-state index contributed by atoms with van der Waals surface area (Å²) in [6, 6.07) is 0. The van der Waals surface area contributed by atoms with E-state index in [0.717, 1.165) is 51.4 Å². The van der Waals surface area contributed by atoms with Gasteiger partial charge in [-0.25, -0.2) is 0 Å². The Balaban J connectivity index is 3.23. The highest BCUT2D eigenvalue weighted by Gasteiger charge is 2.01. The molecule has 2 N–H and O–H groups in total. The van der Waals surface area contributed by atoms with Gasteiger partial charge < -0.3 is 10.2 Å². The maximum absolute atomic E-state index is 10.3. The van der Waals surface area contributed by atoms with Crippen LogP contribution in [0, 0.1) is 0 Å². The highest BCUT2D eigenvalue weighted by molar-refractivity contribution is 5.66. The summed E-state index contributed by atoms with van der Waals surface area (Å²) in [6.07, 6.45) is 17.4. The van der Waals surface area contributed by atoms with Crippen LogP contribution in [0.25, 0.3) is 0 Å². The molecule has 124 valence electrons. The predicted octanol–water partition coefficient (Wildman–Crippen LogP) is 5.08. The second kappa shape index (κ2) is 15.6. The molecule has 0 aliphatic carbocycles. The number of hydrogen-bond acceptors (Lipinski definition) is 2. The Bertz CT molecular complexity index is 261. The summed E-state index contributed by atoms with van der Waals surface area (Å²) in [5.41, 5.74) is 0. The Morgan fingerprint density at radius 2 is 1.57 bits per heavy atom. The third-order valence-corrected chi connectivity index (χ3v) is 3.74. The zero-order valence-electron chi connectivity index (χ0n) is 13.7. The molecule has 1 unspecified atom stereocenters. The first kappa shape index (κ1) is 20.2. The van der Waals surface area contributed by atoms with E-state index in [1.54, 1.807) is 0 Å². The van der Waals surface area contributed by atoms with Crippen LogP contribution in [0.2, 0.25) is 0 Å². The molecule has 3 nitrogen and oxygen atoms in total. The summed E-state index contributed by atoms with van der Waals surface area (Å²) >= 11 is 0. The number of aliphatic carboxylic acids is 1. The van der Waals surface area contributed by atoms with Gasteiger partial charge in [-0.3, -0.25) is 4.79 Å². The molecule has 0 saturated heterocycles. The Morgan fingerprint density at radius 3 is 2.29 bits per heavy atom. The van der Waals surface area contributed by atoms with Crippen molar-refractivity contribution in [3.8, 4) is 0 Å². The van der Waals surface area contributed by atoms with Gasteiger partial charge >= 0.3 is 5.97 Å². The van der Waals surface area contributed by atoms with Crippen molar-refractivity contribution in [2.24, 2.45) is 0 Å². The number of unbranched alkanes of at least 4 members (excludes halogenated alkanes) is 7. The van der Waals surface area contributed by atoms with Crippen molar-refractivity contribution in [2.75, 3.05) is 0 Å². The van der Waals surface area contributed by atoms with Crippen LogP contribution in [0.15, 0.2) is 12.2 Å². The van der Waals surface area contributed by atoms with Gasteiger partial charge in [0, 0.05) is 6.42 Å². The summed E-state index contributed by atoms with van der Waals surface area (Å²) in [5, 5.41) is 18.3. The molecule has 1 atom stereocenters. The molecule has 0 saturated carbocycles. The molecule has 0 rings (SSSR count). The molecule has 0 aliphatic rings. The minimum Gasteiger partial charge on any atom is -0.481 e. The Morgan fingerprint density at radius 1 is 0.905 bits per heavy atom. The fourth-order valence-corrected chi connectivity index (χ4v) is 2.37. The van der Waals surface area contributed by atoms with E-state index in [0.29, 0.717) is 6.42 Å². The molecular weight excluding hydrogens is 264 g/mol. The van der Waals surface area contributed by atoms with Crippen LogP contribution in [0.3, 0.4) is 0 Å². The van der Waals surface area contributed by atoms with E-state index in [9.17, 15) is 9.90 Å². The van der Waals surface area contributed by atoms with Crippen LogP contribution in [-0.4, -0.2) is 22.3 Å². The lowest BCUT2D eigenvalue weighted by molar-refractivity contribution is -0.137. The van der Waals surface area contributed by atoms with E-state index >= 15 is 0 Å². The van der Waals surface area contributed by atoms with Gasteiger partial charge in [0.15, 0.2) is 0 Å². The normalized spacial score (nSPS) is 12.9. The predicted molar refractivity (Wildman–Crippen MR) is 88.5 cm³/mol. The van der Waals surface area contributed by atoms with Gasteiger partial charge in [0.05, 0.1) is 6.10 Å². The van der Waals surface area contributed by atoms with Gasteiger partial charge in [-0.15, -0.1) is 0 Å². The standard InChI is InChI=1S/C18H34O3/c1-2-3-11-14-17(19)15-12-9-7-5-4-6-8-10-13-16-18(20)21/h7,9,17,19H,2-6,8,10-16H2,1H3,(H,20,21). The first-order valence-corrected chi connectivity index (χ1v) is 8.71. The Labute approximate surface area is 130 Å². The van der Waals surface area contributed by atoms with Crippen LogP contribution in [0.5, 0.6) is 0 Å². The number of carboxylic acid groups (broad SMARTS) is 1. The SMILES string of the molecule is CCCCCC(O)CCC=CCCCCCCCC(=O)O. The first-order chi connectivity index (χ1) is 10.2. The molecule has 0 aliphatic heterocycles. The number of carbonyl (C=O) groups is 1. The second-order valence-electron chi connectivity index (χ2n) is 5.90. The van der Waals surface area contributed by atoms with Crippen LogP contribution >= 0.6 is 0 Å². The molecule has 0 aromatic carbocycles. The molecule has 3 heteroatoms. The quantitative estimate of drug-likeness (QED) is 0.327. The summed E-state index contributed by atoms with van der Waals surface area (Å²) < 4.78 is 0. The number of allylic oxidation sites excluding steroid dienone is 2. The van der Waals surface area contributed by atoms with Crippen LogP contribution in [0.1, 0.15) is 90.4 Å². The highest BCUT2D eigenvalue weighted by Crippen LogP contribution is 2.10. The second-order valence-corrected chi connectivity index (χ2v) is 5.90. The largest absolute Gasteiger partial charge is 0.481 e. The van der Waals surface area contributed by atoms with E-state index < -0.39 is 5.97 Å². The first-order valence-electron chi connectivity index (χ1n) is 8.71. The van der Waals surface area contributed by atoms with E-state index in [2.05, 4.69) is 19.1 Å². The van der Waals surface area contributed by atoms with Gasteiger partial charge in [0.25, 0.3) is 0 Å². The average Bonchev–Trinajstić information content (AvgIpc) is 2.44. The zero-order chi connectivity index (χ0) is 15.8. The summed E-state index contributed by atoms with van der Waals surface area (Å²) in [7, 11) is 0. The van der Waals surface area contributed by atoms with E-state index in [4.69, 9.17) is 5.11 Å². The summed E-state index contributed by atoms with van der Waals surface area (Å²) in [5.74, 6) is -0.685. The van der Waals surface area contributed by atoms with Crippen LogP contribution in [0.4, 0.5) is 0 Å². The fraction of sp³-hybridized carbons (Fsp3) is 0.833.